The van der Waals surface area contributed by atoms with Crippen LogP contribution in [0, 0.1) is 0 Å². The third kappa shape index (κ3) is 5.24. The van der Waals surface area contributed by atoms with Crippen LogP contribution in [0.15, 0.2) is 48.5 Å². The molecule has 122 valence electrons. The minimum Gasteiger partial charge on any atom is -0.345 e. The van der Waals surface area contributed by atoms with Crippen molar-refractivity contribution in [1.29, 1.82) is 0 Å². The molecular weight excluding hydrogens is 331 g/mol. The van der Waals surface area contributed by atoms with Gasteiger partial charge in [-0.15, -0.1) is 0 Å². The zero-order valence-electron chi connectivity index (χ0n) is 13.2. The van der Waals surface area contributed by atoms with E-state index in [1.165, 1.54) is 0 Å². The molecule has 0 aliphatic rings. The molecule has 5 heteroatoms. The van der Waals surface area contributed by atoms with Gasteiger partial charge in [-0.25, -0.2) is 0 Å². The average molecular weight is 352 g/mol. The third-order valence-electron chi connectivity index (χ3n) is 3.79. The number of amides is 1. The Morgan fingerprint density at radius 2 is 1.83 bits per heavy atom. The van der Waals surface area contributed by atoms with E-state index < -0.39 is 0 Å². The fourth-order valence-electron chi connectivity index (χ4n) is 2.41. The molecule has 2 aromatic carbocycles. The molecule has 0 aliphatic carbocycles. The Hall–Kier alpha value is -1.55. The lowest BCUT2D eigenvalue weighted by Gasteiger charge is -2.16. The van der Waals surface area contributed by atoms with Gasteiger partial charge in [0.05, 0.1) is 11.1 Å². The molecule has 0 fully saturated rings. The van der Waals surface area contributed by atoms with Crippen LogP contribution in [0.2, 0.25) is 10.0 Å². The van der Waals surface area contributed by atoms with Crippen LogP contribution in [-0.4, -0.2) is 12.5 Å². The molecule has 0 aromatic heterocycles. The molecule has 0 unspecified atom stereocenters. The molecule has 3 N–H and O–H groups in total. The number of quaternary nitrogens is 1. The number of carbonyl (C=O) groups is 1. The fraction of sp³-hybridized carbons (Fsp3) is 0.278. The number of carbonyl (C=O) groups excluding carboxylic acids is 1. The second-order valence-corrected chi connectivity index (χ2v) is 6.44. The lowest BCUT2D eigenvalue weighted by atomic mass is 10.1. The van der Waals surface area contributed by atoms with E-state index in [0.717, 1.165) is 11.1 Å². The Labute approximate surface area is 147 Å². The summed E-state index contributed by atoms with van der Waals surface area (Å²) < 4.78 is 0. The smallest absolute Gasteiger partial charge is 0.275 e. The summed E-state index contributed by atoms with van der Waals surface area (Å²) in [5.41, 5.74) is 2.06. The van der Waals surface area contributed by atoms with E-state index in [-0.39, 0.29) is 18.0 Å². The summed E-state index contributed by atoms with van der Waals surface area (Å²) in [6, 6.07) is 15.4. The lowest BCUT2D eigenvalue weighted by Crippen LogP contribution is -2.87. The monoisotopic (exact) mass is 351 g/mol. The van der Waals surface area contributed by atoms with Gasteiger partial charge in [-0.05, 0) is 31.5 Å². The van der Waals surface area contributed by atoms with E-state index in [9.17, 15) is 4.79 Å². The maximum Gasteiger partial charge on any atom is 0.275 e. The van der Waals surface area contributed by atoms with Gasteiger partial charge in [0, 0.05) is 10.6 Å². The minimum absolute atomic E-state index is 0.00158. The molecule has 0 heterocycles. The largest absolute Gasteiger partial charge is 0.345 e. The highest BCUT2D eigenvalue weighted by atomic mass is 35.5. The van der Waals surface area contributed by atoms with Crippen LogP contribution in [0.3, 0.4) is 0 Å². The van der Waals surface area contributed by atoms with Gasteiger partial charge in [-0.3, -0.25) is 4.79 Å². The Kier molecular flexibility index (Phi) is 6.46. The summed E-state index contributed by atoms with van der Waals surface area (Å²) in [5.74, 6) is -0.00158. The Morgan fingerprint density at radius 3 is 2.48 bits per heavy atom. The topological polar surface area (TPSA) is 45.7 Å². The van der Waals surface area contributed by atoms with Crippen LogP contribution in [0.5, 0.6) is 0 Å². The molecule has 2 atom stereocenters. The Bertz CT molecular complexity index is 661. The number of hydrogen-bond acceptors (Lipinski definition) is 1. The number of rotatable bonds is 6. The second kappa shape index (κ2) is 8.34. The quantitative estimate of drug-likeness (QED) is 0.821. The van der Waals surface area contributed by atoms with Crippen molar-refractivity contribution in [2.75, 3.05) is 6.54 Å². The standard InChI is InChI=1S/C18H20Cl2N2O/c1-12(14-6-4-3-5-7-14)22-18(23)11-21-13(2)16-9-8-15(19)10-17(16)20/h3-10,12-13,21H,11H2,1-2H3,(H,22,23)/p+1/t12-,13+/m0/s1. The molecule has 0 spiro atoms. The van der Waals surface area contributed by atoms with Crippen LogP contribution in [0.25, 0.3) is 0 Å². The fourth-order valence-corrected chi connectivity index (χ4v) is 2.99. The average Bonchev–Trinajstić information content (AvgIpc) is 2.53. The van der Waals surface area contributed by atoms with Crippen molar-refractivity contribution in [3.8, 4) is 0 Å². The van der Waals surface area contributed by atoms with E-state index in [2.05, 4.69) is 5.32 Å². The van der Waals surface area contributed by atoms with Gasteiger partial charge in [-0.1, -0.05) is 59.6 Å². The highest BCUT2D eigenvalue weighted by molar-refractivity contribution is 6.35. The molecule has 0 radical (unpaired) electrons. The van der Waals surface area contributed by atoms with Gasteiger partial charge in [0.15, 0.2) is 6.54 Å². The first-order valence-corrected chi connectivity index (χ1v) is 8.35. The maximum atomic E-state index is 12.1. The van der Waals surface area contributed by atoms with Crippen molar-refractivity contribution >= 4 is 29.1 Å². The van der Waals surface area contributed by atoms with Crippen LogP contribution in [-0.2, 0) is 4.79 Å². The molecule has 0 saturated heterocycles. The van der Waals surface area contributed by atoms with Gasteiger partial charge in [0.1, 0.15) is 6.04 Å². The molecule has 0 saturated carbocycles. The van der Waals surface area contributed by atoms with Crippen molar-refractivity contribution < 1.29 is 10.1 Å². The van der Waals surface area contributed by atoms with E-state index in [4.69, 9.17) is 23.2 Å². The summed E-state index contributed by atoms with van der Waals surface area (Å²) in [6.07, 6.45) is 0. The predicted molar refractivity (Wildman–Crippen MR) is 94.7 cm³/mol. The zero-order valence-corrected chi connectivity index (χ0v) is 14.7. The van der Waals surface area contributed by atoms with Crippen LogP contribution < -0.4 is 10.6 Å². The number of hydrogen-bond donors (Lipinski definition) is 2. The normalized spacial score (nSPS) is 13.4. The van der Waals surface area contributed by atoms with E-state index in [1.807, 2.05) is 61.6 Å². The van der Waals surface area contributed by atoms with Gasteiger partial charge in [0.2, 0.25) is 0 Å². The lowest BCUT2D eigenvalue weighted by molar-refractivity contribution is -0.682. The summed E-state index contributed by atoms with van der Waals surface area (Å²) in [4.78, 5) is 12.1. The van der Waals surface area contributed by atoms with E-state index in [0.29, 0.717) is 16.6 Å². The molecule has 0 aliphatic heterocycles. The maximum absolute atomic E-state index is 12.1. The van der Waals surface area contributed by atoms with Crippen molar-refractivity contribution in [1.82, 2.24) is 5.32 Å². The predicted octanol–water partition coefficient (Wildman–Crippen LogP) is 3.50. The minimum atomic E-state index is -0.00785. The second-order valence-electron chi connectivity index (χ2n) is 5.59. The van der Waals surface area contributed by atoms with Gasteiger partial charge >= 0.3 is 0 Å². The molecule has 3 nitrogen and oxygen atoms in total. The van der Waals surface area contributed by atoms with Crippen molar-refractivity contribution in [3.05, 3.63) is 69.7 Å². The highest BCUT2D eigenvalue weighted by Gasteiger charge is 2.16. The van der Waals surface area contributed by atoms with Crippen LogP contribution >= 0.6 is 23.2 Å². The van der Waals surface area contributed by atoms with Crippen LogP contribution in [0.1, 0.15) is 37.1 Å². The molecule has 23 heavy (non-hydrogen) atoms. The zero-order chi connectivity index (χ0) is 16.8. The van der Waals surface area contributed by atoms with Gasteiger partial charge in [-0.2, -0.15) is 0 Å². The number of benzene rings is 2. The summed E-state index contributed by atoms with van der Waals surface area (Å²) in [6.45, 7) is 4.34. The van der Waals surface area contributed by atoms with Crippen molar-refractivity contribution in [3.63, 3.8) is 0 Å². The number of nitrogens with one attached hydrogen (secondary N) is 1. The molecule has 1 amide bonds. The SMILES string of the molecule is C[C@H](NC(=O)C[NH2+][C@H](C)c1ccc(Cl)cc1Cl)c1ccccc1. The van der Waals surface area contributed by atoms with E-state index >= 15 is 0 Å². The summed E-state index contributed by atoms with van der Waals surface area (Å²) >= 11 is 12.1. The first kappa shape index (κ1) is 17.8. The molecule has 2 rings (SSSR count). The third-order valence-corrected chi connectivity index (χ3v) is 4.35. The summed E-state index contributed by atoms with van der Waals surface area (Å²) in [7, 11) is 0. The summed E-state index contributed by atoms with van der Waals surface area (Å²) in [5, 5.41) is 6.20. The first-order valence-electron chi connectivity index (χ1n) is 7.60. The highest BCUT2D eigenvalue weighted by Crippen LogP contribution is 2.24. The molecule has 2 aromatic rings. The van der Waals surface area contributed by atoms with Gasteiger partial charge < -0.3 is 10.6 Å². The van der Waals surface area contributed by atoms with Crippen molar-refractivity contribution in [2.24, 2.45) is 0 Å². The molecule has 0 bridgehead atoms. The Balaban J connectivity index is 1.86. The number of nitrogens with two attached hydrogens (primary N) is 1. The van der Waals surface area contributed by atoms with Crippen molar-refractivity contribution in [2.45, 2.75) is 25.9 Å². The Morgan fingerprint density at radius 1 is 1.13 bits per heavy atom. The first-order chi connectivity index (χ1) is 11.0. The number of halogens is 2. The van der Waals surface area contributed by atoms with Gasteiger partial charge in [0.25, 0.3) is 5.91 Å². The van der Waals surface area contributed by atoms with E-state index in [1.54, 1.807) is 6.07 Å². The molecular formula is C18H21Cl2N2O+. The van der Waals surface area contributed by atoms with Crippen LogP contribution in [0.4, 0.5) is 0 Å².